The van der Waals surface area contributed by atoms with Crippen molar-refractivity contribution in [2.75, 3.05) is 20.3 Å². The highest BCUT2D eigenvalue weighted by atomic mass is 16.7. The fraction of sp³-hybridized carbons (Fsp3) is 0.538. The van der Waals surface area contributed by atoms with Gasteiger partial charge in [0, 0.05) is 6.42 Å². The maximum atomic E-state index is 9.02. The Labute approximate surface area is 101 Å². The lowest BCUT2D eigenvalue weighted by Gasteiger charge is -2.23. The minimum absolute atomic E-state index is 0.00625. The molecule has 2 atom stereocenters. The molecule has 0 aromatic heterocycles. The standard InChI is InChI=1S/C13H18O4/c1-13(16-9-12(8-14)17-13)7-10-4-3-5-11(6-10)15-2/h3-6,12,14H,7-9H2,1-2H3. The number of hydrogen-bond donors (Lipinski definition) is 1. The van der Waals surface area contributed by atoms with E-state index in [1.807, 2.05) is 31.2 Å². The largest absolute Gasteiger partial charge is 0.497 e. The van der Waals surface area contributed by atoms with Gasteiger partial charge in [0.2, 0.25) is 0 Å². The number of rotatable bonds is 4. The van der Waals surface area contributed by atoms with Crippen LogP contribution >= 0.6 is 0 Å². The van der Waals surface area contributed by atoms with E-state index in [4.69, 9.17) is 19.3 Å². The van der Waals surface area contributed by atoms with Gasteiger partial charge in [-0.15, -0.1) is 0 Å². The van der Waals surface area contributed by atoms with E-state index in [1.165, 1.54) is 0 Å². The molecule has 0 saturated carbocycles. The maximum absolute atomic E-state index is 9.02. The van der Waals surface area contributed by atoms with Crippen molar-refractivity contribution >= 4 is 0 Å². The van der Waals surface area contributed by atoms with Gasteiger partial charge in [-0.25, -0.2) is 0 Å². The van der Waals surface area contributed by atoms with Crippen LogP contribution in [0.4, 0.5) is 0 Å². The lowest BCUT2D eigenvalue weighted by atomic mass is 10.1. The molecule has 0 amide bonds. The zero-order valence-corrected chi connectivity index (χ0v) is 10.2. The van der Waals surface area contributed by atoms with Crippen molar-refractivity contribution in [3.8, 4) is 5.75 Å². The third-order valence-electron chi connectivity index (χ3n) is 2.85. The summed E-state index contributed by atoms with van der Waals surface area (Å²) in [5, 5.41) is 9.02. The van der Waals surface area contributed by atoms with Gasteiger partial charge in [0.15, 0.2) is 5.79 Å². The average molecular weight is 238 g/mol. The summed E-state index contributed by atoms with van der Waals surface area (Å²) in [6, 6.07) is 7.81. The molecule has 0 bridgehead atoms. The molecule has 4 nitrogen and oxygen atoms in total. The third kappa shape index (κ3) is 2.97. The van der Waals surface area contributed by atoms with Crippen molar-refractivity contribution in [2.45, 2.75) is 25.2 Å². The SMILES string of the molecule is COc1cccc(CC2(C)OCC(CO)O2)c1. The van der Waals surface area contributed by atoms with Gasteiger partial charge >= 0.3 is 0 Å². The van der Waals surface area contributed by atoms with Crippen molar-refractivity contribution in [2.24, 2.45) is 0 Å². The molecule has 4 heteroatoms. The first-order chi connectivity index (χ1) is 8.15. The molecular weight excluding hydrogens is 220 g/mol. The first kappa shape index (κ1) is 12.4. The van der Waals surface area contributed by atoms with Gasteiger partial charge in [0.1, 0.15) is 11.9 Å². The fourth-order valence-corrected chi connectivity index (χ4v) is 2.03. The summed E-state index contributed by atoms with van der Waals surface area (Å²) >= 11 is 0. The molecule has 0 spiro atoms. The third-order valence-corrected chi connectivity index (χ3v) is 2.85. The number of hydrogen-bond acceptors (Lipinski definition) is 4. The van der Waals surface area contributed by atoms with Crippen LogP contribution in [0.5, 0.6) is 5.75 Å². The predicted molar refractivity (Wildman–Crippen MR) is 63.0 cm³/mol. The quantitative estimate of drug-likeness (QED) is 0.860. The van der Waals surface area contributed by atoms with Crippen molar-refractivity contribution in [1.29, 1.82) is 0 Å². The van der Waals surface area contributed by atoms with Crippen LogP contribution < -0.4 is 4.74 Å². The maximum Gasteiger partial charge on any atom is 0.170 e. The Morgan fingerprint density at radius 3 is 3.00 bits per heavy atom. The monoisotopic (exact) mass is 238 g/mol. The molecule has 1 aromatic carbocycles. The topological polar surface area (TPSA) is 47.9 Å². The molecule has 1 aliphatic rings. The summed E-state index contributed by atoms with van der Waals surface area (Å²) < 4.78 is 16.4. The van der Waals surface area contributed by atoms with E-state index in [-0.39, 0.29) is 12.7 Å². The second kappa shape index (κ2) is 5.04. The number of aliphatic hydroxyl groups is 1. The lowest BCUT2D eigenvalue weighted by molar-refractivity contribution is -0.156. The Hall–Kier alpha value is -1.10. The molecule has 0 radical (unpaired) electrons. The van der Waals surface area contributed by atoms with E-state index in [2.05, 4.69) is 0 Å². The molecule has 1 saturated heterocycles. The molecule has 1 fully saturated rings. The summed E-state index contributed by atoms with van der Waals surface area (Å²) in [5.74, 6) is 0.169. The summed E-state index contributed by atoms with van der Waals surface area (Å²) in [6.45, 7) is 2.33. The molecule has 1 heterocycles. The van der Waals surface area contributed by atoms with Crippen LogP contribution in [0.1, 0.15) is 12.5 Å². The minimum atomic E-state index is -0.653. The minimum Gasteiger partial charge on any atom is -0.497 e. The van der Waals surface area contributed by atoms with Gasteiger partial charge < -0.3 is 19.3 Å². The molecule has 1 N–H and O–H groups in total. The zero-order valence-electron chi connectivity index (χ0n) is 10.2. The van der Waals surface area contributed by atoms with Gasteiger partial charge in [-0.1, -0.05) is 12.1 Å². The highest BCUT2D eigenvalue weighted by Gasteiger charge is 2.36. The molecular formula is C13H18O4. The highest BCUT2D eigenvalue weighted by molar-refractivity contribution is 5.29. The summed E-state index contributed by atoms with van der Waals surface area (Å²) in [7, 11) is 1.64. The first-order valence-electron chi connectivity index (χ1n) is 5.71. The van der Waals surface area contributed by atoms with Crippen molar-refractivity contribution in [1.82, 2.24) is 0 Å². The Morgan fingerprint density at radius 1 is 1.53 bits per heavy atom. The molecule has 1 aliphatic heterocycles. The second-order valence-corrected chi connectivity index (χ2v) is 4.40. The first-order valence-corrected chi connectivity index (χ1v) is 5.71. The van der Waals surface area contributed by atoms with E-state index in [0.717, 1.165) is 11.3 Å². The predicted octanol–water partition coefficient (Wildman–Crippen LogP) is 1.36. The van der Waals surface area contributed by atoms with E-state index in [9.17, 15) is 0 Å². The van der Waals surface area contributed by atoms with Crippen molar-refractivity contribution < 1.29 is 19.3 Å². The van der Waals surface area contributed by atoms with Gasteiger partial charge in [-0.2, -0.15) is 0 Å². The van der Waals surface area contributed by atoms with Crippen LogP contribution in [0.3, 0.4) is 0 Å². The molecule has 2 rings (SSSR count). The smallest absolute Gasteiger partial charge is 0.170 e. The van der Waals surface area contributed by atoms with Crippen LogP contribution in [0, 0.1) is 0 Å². The van der Waals surface area contributed by atoms with E-state index < -0.39 is 5.79 Å². The highest BCUT2D eigenvalue weighted by Crippen LogP contribution is 2.28. The van der Waals surface area contributed by atoms with Gasteiger partial charge in [-0.05, 0) is 24.6 Å². The number of aliphatic hydroxyl groups excluding tert-OH is 1. The van der Waals surface area contributed by atoms with Crippen molar-refractivity contribution in [3.63, 3.8) is 0 Å². The summed E-state index contributed by atoms with van der Waals surface area (Å²) in [5.41, 5.74) is 1.09. The van der Waals surface area contributed by atoms with Crippen LogP contribution in [0.15, 0.2) is 24.3 Å². The van der Waals surface area contributed by atoms with E-state index in [0.29, 0.717) is 13.0 Å². The average Bonchev–Trinajstić information content (AvgIpc) is 2.71. The van der Waals surface area contributed by atoms with Crippen molar-refractivity contribution in [3.05, 3.63) is 29.8 Å². The Bertz CT molecular complexity index is 379. The second-order valence-electron chi connectivity index (χ2n) is 4.40. The summed E-state index contributed by atoms with van der Waals surface area (Å²) in [4.78, 5) is 0. The Balaban J connectivity index is 2.05. The molecule has 1 aromatic rings. The van der Waals surface area contributed by atoms with Gasteiger partial charge in [-0.3, -0.25) is 0 Å². The van der Waals surface area contributed by atoms with E-state index in [1.54, 1.807) is 7.11 Å². The van der Waals surface area contributed by atoms with Gasteiger partial charge in [0.25, 0.3) is 0 Å². The molecule has 2 unspecified atom stereocenters. The number of benzene rings is 1. The van der Waals surface area contributed by atoms with Crippen LogP contribution in [-0.4, -0.2) is 37.3 Å². The zero-order chi connectivity index (χ0) is 12.3. The molecule has 17 heavy (non-hydrogen) atoms. The number of ether oxygens (including phenoxy) is 3. The Morgan fingerprint density at radius 2 is 2.35 bits per heavy atom. The number of methoxy groups -OCH3 is 1. The molecule has 0 aliphatic carbocycles. The van der Waals surface area contributed by atoms with Crippen LogP contribution in [-0.2, 0) is 15.9 Å². The van der Waals surface area contributed by atoms with Gasteiger partial charge in [0.05, 0.1) is 20.3 Å². The summed E-state index contributed by atoms with van der Waals surface area (Å²) in [6.07, 6.45) is 0.423. The Kier molecular flexibility index (Phi) is 3.66. The molecule has 94 valence electrons. The van der Waals surface area contributed by atoms with E-state index >= 15 is 0 Å². The lowest BCUT2D eigenvalue weighted by Crippen LogP contribution is -2.30. The van der Waals surface area contributed by atoms with Crippen LogP contribution in [0.25, 0.3) is 0 Å². The fourth-order valence-electron chi connectivity index (χ4n) is 2.03. The normalized spacial score (nSPS) is 28.3. The van der Waals surface area contributed by atoms with Crippen LogP contribution in [0.2, 0.25) is 0 Å².